The van der Waals surface area contributed by atoms with Crippen LogP contribution < -0.4 is 5.32 Å². The van der Waals surface area contributed by atoms with Crippen molar-refractivity contribution in [2.45, 2.75) is 32.7 Å². The topological polar surface area (TPSA) is 63.8 Å². The first kappa shape index (κ1) is 12.7. The lowest BCUT2D eigenvalue weighted by Gasteiger charge is -2.04. The predicted molar refractivity (Wildman–Crippen MR) is 68.2 cm³/mol. The molecule has 0 aliphatic heterocycles. The molecule has 5 heteroatoms. The fraction of sp³-hybridized carbons (Fsp3) is 0.462. The van der Waals surface area contributed by atoms with Gasteiger partial charge >= 0.3 is 0 Å². The van der Waals surface area contributed by atoms with Crippen molar-refractivity contribution in [1.82, 2.24) is 20.4 Å². The van der Waals surface area contributed by atoms with Gasteiger partial charge in [0.15, 0.2) is 5.82 Å². The van der Waals surface area contributed by atoms with Crippen molar-refractivity contribution in [3.8, 4) is 0 Å². The van der Waals surface area contributed by atoms with Crippen molar-refractivity contribution in [2.24, 2.45) is 0 Å². The van der Waals surface area contributed by atoms with Gasteiger partial charge in [-0.2, -0.15) is 4.98 Å². The molecule has 0 spiro atoms. The largest absolute Gasteiger partial charge is 0.339 e. The van der Waals surface area contributed by atoms with E-state index in [1.54, 1.807) is 12.4 Å². The highest BCUT2D eigenvalue weighted by Crippen LogP contribution is 2.05. The van der Waals surface area contributed by atoms with E-state index in [2.05, 4.69) is 34.3 Å². The van der Waals surface area contributed by atoms with E-state index in [-0.39, 0.29) is 0 Å². The molecule has 0 unspecified atom stereocenters. The van der Waals surface area contributed by atoms with Crippen LogP contribution in [0.4, 0.5) is 0 Å². The molecule has 0 atom stereocenters. The van der Waals surface area contributed by atoms with Crippen molar-refractivity contribution in [1.29, 1.82) is 0 Å². The van der Waals surface area contributed by atoms with Gasteiger partial charge in [0.2, 0.25) is 5.89 Å². The van der Waals surface area contributed by atoms with Gasteiger partial charge in [0.25, 0.3) is 0 Å². The summed E-state index contributed by atoms with van der Waals surface area (Å²) in [6.07, 6.45) is 4.98. The SMILES string of the molecule is CC(C)NCCc1nc(Cc2ccncc2)no1. The van der Waals surface area contributed by atoms with Crippen LogP contribution in [0, 0.1) is 0 Å². The number of nitrogens with one attached hydrogen (secondary N) is 1. The predicted octanol–water partition coefficient (Wildman–Crippen LogP) is 1.60. The third-order valence-electron chi connectivity index (χ3n) is 2.51. The fourth-order valence-corrected chi connectivity index (χ4v) is 1.61. The van der Waals surface area contributed by atoms with E-state index < -0.39 is 0 Å². The molecule has 2 heterocycles. The molecule has 18 heavy (non-hydrogen) atoms. The Balaban J connectivity index is 1.86. The Hall–Kier alpha value is -1.75. The average Bonchev–Trinajstić information content (AvgIpc) is 2.78. The lowest BCUT2D eigenvalue weighted by molar-refractivity contribution is 0.369. The molecule has 0 saturated heterocycles. The van der Waals surface area contributed by atoms with Gasteiger partial charge < -0.3 is 9.84 Å². The first-order valence-corrected chi connectivity index (χ1v) is 6.18. The van der Waals surface area contributed by atoms with Crippen LogP contribution in [0.15, 0.2) is 29.0 Å². The van der Waals surface area contributed by atoms with E-state index in [4.69, 9.17) is 4.52 Å². The zero-order valence-corrected chi connectivity index (χ0v) is 10.8. The molecule has 5 nitrogen and oxygen atoms in total. The summed E-state index contributed by atoms with van der Waals surface area (Å²) in [5, 5.41) is 7.29. The first-order chi connectivity index (χ1) is 8.74. The quantitative estimate of drug-likeness (QED) is 0.838. The molecule has 0 aliphatic carbocycles. The number of rotatable bonds is 6. The van der Waals surface area contributed by atoms with E-state index in [9.17, 15) is 0 Å². The molecule has 2 aromatic heterocycles. The Kier molecular flexibility index (Phi) is 4.41. The number of pyridine rings is 1. The van der Waals surface area contributed by atoms with E-state index in [1.807, 2.05) is 12.1 Å². The highest BCUT2D eigenvalue weighted by molar-refractivity contribution is 5.14. The summed E-state index contributed by atoms with van der Waals surface area (Å²) in [4.78, 5) is 8.34. The number of hydrogen-bond donors (Lipinski definition) is 1. The summed E-state index contributed by atoms with van der Waals surface area (Å²) in [6, 6.07) is 4.39. The van der Waals surface area contributed by atoms with Crippen LogP contribution in [0.1, 0.15) is 31.1 Å². The third-order valence-corrected chi connectivity index (χ3v) is 2.51. The van der Waals surface area contributed by atoms with Gasteiger partial charge in [0.1, 0.15) is 0 Å². The Bertz CT molecular complexity index is 467. The molecular weight excluding hydrogens is 228 g/mol. The van der Waals surface area contributed by atoms with E-state index in [0.717, 1.165) is 24.4 Å². The molecule has 96 valence electrons. The van der Waals surface area contributed by atoms with Crippen molar-refractivity contribution >= 4 is 0 Å². The molecule has 0 amide bonds. The number of hydrogen-bond acceptors (Lipinski definition) is 5. The minimum Gasteiger partial charge on any atom is -0.339 e. The maximum atomic E-state index is 5.20. The summed E-state index contributed by atoms with van der Waals surface area (Å²) < 4.78 is 5.20. The van der Waals surface area contributed by atoms with Crippen molar-refractivity contribution < 1.29 is 4.52 Å². The van der Waals surface area contributed by atoms with Crippen molar-refractivity contribution in [2.75, 3.05) is 6.54 Å². The minimum absolute atomic E-state index is 0.476. The molecular formula is C13H18N4O. The molecule has 0 aliphatic rings. The second-order valence-electron chi connectivity index (χ2n) is 4.50. The molecule has 0 bridgehead atoms. The van der Waals surface area contributed by atoms with Crippen LogP contribution in [0.3, 0.4) is 0 Å². The molecule has 0 saturated carbocycles. The Labute approximate surface area is 107 Å². The average molecular weight is 246 g/mol. The van der Waals surface area contributed by atoms with E-state index in [1.165, 1.54) is 0 Å². The molecule has 2 aromatic rings. The maximum Gasteiger partial charge on any atom is 0.227 e. The second kappa shape index (κ2) is 6.26. The molecule has 0 radical (unpaired) electrons. The van der Waals surface area contributed by atoms with Gasteiger partial charge in [-0.15, -0.1) is 0 Å². The summed E-state index contributed by atoms with van der Waals surface area (Å²) in [5.41, 5.74) is 1.14. The summed E-state index contributed by atoms with van der Waals surface area (Å²) in [5.74, 6) is 1.41. The Morgan fingerprint density at radius 3 is 2.78 bits per heavy atom. The number of aromatic nitrogens is 3. The molecule has 0 fully saturated rings. The van der Waals surface area contributed by atoms with Crippen LogP contribution in [0.25, 0.3) is 0 Å². The zero-order chi connectivity index (χ0) is 12.8. The van der Waals surface area contributed by atoms with Crippen molar-refractivity contribution in [3.63, 3.8) is 0 Å². The monoisotopic (exact) mass is 246 g/mol. The number of nitrogens with zero attached hydrogens (tertiary/aromatic N) is 3. The van der Waals surface area contributed by atoms with Crippen molar-refractivity contribution in [3.05, 3.63) is 41.8 Å². The van der Waals surface area contributed by atoms with Gasteiger partial charge in [-0.1, -0.05) is 19.0 Å². The zero-order valence-electron chi connectivity index (χ0n) is 10.8. The smallest absolute Gasteiger partial charge is 0.227 e. The van der Waals surface area contributed by atoms with Crippen LogP contribution in [-0.2, 0) is 12.8 Å². The fourth-order valence-electron chi connectivity index (χ4n) is 1.61. The Morgan fingerprint density at radius 2 is 2.06 bits per heavy atom. The van der Waals surface area contributed by atoms with Gasteiger partial charge in [-0.05, 0) is 17.7 Å². The van der Waals surface area contributed by atoms with Gasteiger partial charge in [-0.3, -0.25) is 4.98 Å². The summed E-state index contributed by atoms with van der Waals surface area (Å²) >= 11 is 0. The van der Waals surface area contributed by atoms with E-state index >= 15 is 0 Å². The molecule has 1 N–H and O–H groups in total. The van der Waals surface area contributed by atoms with Crippen LogP contribution in [-0.4, -0.2) is 27.7 Å². The lowest BCUT2D eigenvalue weighted by atomic mass is 10.2. The lowest BCUT2D eigenvalue weighted by Crippen LogP contribution is -2.25. The Morgan fingerprint density at radius 1 is 1.28 bits per heavy atom. The summed E-state index contributed by atoms with van der Waals surface area (Å²) in [6.45, 7) is 5.08. The van der Waals surface area contributed by atoms with Crippen LogP contribution >= 0.6 is 0 Å². The maximum absolute atomic E-state index is 5.20. The van der Waals surface area contributed by atoms with Crippen LogP contribution in [0.2, 0.25) is 0 Å². The van der Waals surface area contributed by atoms with Gasteiger partial charge in [0, 0.05) is 37.8 Å². The minimum atomic E-state index is 0.476. The standard InChI is InChI=1S/C13H18N4O/c1-10(2)15-8-5-13-16-12(17-18-13)9-11-3-6-14-7-4-11/h3-4,6-7,10,15H,5,8-9H2,1-2H3. The highest BCUT2D eigenvalue weighted by Gasteiger charge is 2.06. The van der Waals surface area contributed by atoms with Crippen LogP contribution in [0.5, 0.6) is 0 Å². The molecule has 0 aromatic carbocycles. The highest BCUT2D eigenvalue weighted by atomic mass is 16.5. The second-order valence-corrected chi connectivity index (χ2v) is 4.50. The normalized spacial score (nSPS) is 11.1. The van der Waals surface area contributed by atoms with E-state index in [0.29, 0.717) is 18.4 Å². The van der Waals surface area contributed by atoms with Gasteiger partial charge in [0.05, 0.1) is 0 Å². The molecule has 2 rings (SSSR count). The summed E-state index contributed by atoms with van der Waals surface area (Å²) in [7, 11) is 0. The van der Waals surface area contributed by atoms with Gasteiger partial charge in [-0.25, -0.2) is 0 Å². The third kappa shape index (κ3) is 3.92. The first-order valence-electron chi connectivity index (χ1n) is 6.18.